The molecule has 1 fully saturated rings. The number of hydrogen-bond acceptors (Lipinski definition) is 3. The van der Waals surface area contributed by atoms with E-state index in [1.54, 1.807) is 0 Å². The van der Waals surface area contributed by atoms with E-state index in [1.165, 1.54) is 6.42 Å². The quantitative estimate of drug-likeness (QED) is 0.744. The molecule has 1 unspecified atom stereocenters. The zero-order valence-electron chi connectivity index (χ0n) is 11.4. The Morgan fingerprint density at radius 1 is 1.33 bits per heavy atom. The molecule has 2 N–H and O–H groups in total. The first kappa shape index (κ1) is 20.3. The van der Waals surface area contributed by atoms with Gasteiger partial charge in [-0.1, -0.05) is 13.8 Å². The summed E-state index contributed by atoms with van der Waals surface area (Å²) >= 11 is 0. The highest BCUT2D eigenvalue weighted by atomic mass is 35.5. The molecule has 1 saturated heterocycles. The van der Waals surface area contributed by atoms with Crippen LogP contribution in [-0.2, 0) is 4.79 Å². The molecule has 0 aromatic carbocycles. The van der Waals surface area contributed by atoms with Crippen LogP contribution >= 0.6 is 24.8 Å². The minimum absolute atomic E-state index is 0. The minimum Gasteiger partial charge on any atom is -0.355 e. The van der Waals surface area contributed by atoms with Crippen LogP contribution in [0.3, 0.4) is 0 Å². The Kier molecular flexibility index (Phi) is 13.6. The lowest BCUT2D eigenvalue weighted by molar-refractivity contribution is -0.122. The van der Waals surface area contributed by atoms with Gasteiger partial charge in [0.15, 0.2) is 0 Å². The summed E-state index contributed by atoms with van der Waals surface area (Å²) in [6.07, 6.45) is 2.36. The van der Waals surface area contributed by atoms with Crippen molar-refractivity contribution in [3.8, 4) is 0 Å². The van der Waals surface area contributed by atoms with Gasteiger partial charge in [0.2, 0.25) is 5.91 Å². The second kappa shape index (κ2) is 12.0. The molecule has 1 heterocycles. The van der Waals surface area contributed by atoms with Crippen molar-refractivity contribution in [1.29, 1.82) is 0 Å². The third-order valence-electron chi connectivity index (χ3n) is 3.30. The van der Waals surface area contributed by atoms with Gasteiger partial charge in [0, 0.05) is 6.54 Å². The normalized spacial score (nSPS) is 18.1. The topological polar surface area (TPSA) is 44.4 Å². The van der Waals surface area contributed by atoms with E-state index < -0.39 is 0 Å². The van der Waals surface area contributed by atoms with Crippen molar-refractivity contribution in [2.75, 3.05) is 39.3 Å². The van der Waals surface area contributed by atoms with E-state index in [0.717, 1.165) is 45.1 Å². The summed E-state index contributed by atoms with van der Waals surface area (Å²) in [7, 11) is 0. The van der Waals surface area contributed by atoms with Crippen LogP contribution in [0.25, 0.3) is 0 Å². The van der Waals surface area contributed by atoms with Gasteiger partial charge in [0.1, 0.15) is 0 Å². The molecular formula is C12H27Cl2N3O. The highest BCUT2D eigenvalue weighted by Gasteiger charge is 2.14. The summed E-state index contributed by atoms with van der Waals surface area (Å²) in [4.78, 5) is 13.7. The molecule has 1 rings (SSSR count). The zero-order chi connectivity index (χ0) is 11.8. The van der Waals surface area contributed by atoms with Crippen LogP contribution < -0.4 is 10.6 Å². The van der Waals surface area contributed by atoms with Crippen LogP contribution in [0.15, 0.2) is 0 Å². The number of nitrogens with one attached hydrogen (secondary N) is 2. The van der Waals surface area contributed by atoms with Gasteiger partial charge in [-0.3, -0.25) is 9.69 Å². The van der Waals surface area contributed by atoms with Gasteiger partial charge in [-0.2, -0.15) is 0 Å². The van der Waals surface area contributed by atoms with E-state index in [-0.39, 0.29) is 30.7 Å². The molecule has 4 nitrogen and oxygen atoms in total. The molecular weight excluding hydrogens is 273 g/mol. The maximum absolute atomic E-state index is 11.6. The number of amides is 1. The third-order valence-corrected chi connectivity index (χ3v) is 3.30. The first-order valence-electron chi connectivity index (χ1n) is 6.46. The molecule has 0 aromatic rings. The van der Waals surface area contributed by atoms with E-state index in [2.05, 4.69) is 29.4 Å². The molecule has 0 aliphatic carbocycles. The smallest absolute Gasteiger partial charge is 0.234 e. The number of likely N-dealkylation sites (N-methyl/N-ethyl adjacent to an activating group) is 1. The Balaban J connectivity index is 0. The number of rotatable bonds is 7. The van der Waals surface area contributed by atoms with Crippen molar-refractivity contribution in [2.45, 2.75) is 26.7 Å². The van der Waals surface area contributed by atoms with E-state index in [0.29, 0.717) is 6.54 Å². The summed E-state index contributed by atoms with van der Waals surface area (Å²) in [6.45, 7) is 9.67. The summed E-state index contributed by atoms with van der Waals surface area (Å²) < 4.78 is 0. The van der Waals surface area contributed by atoms with Crippen LogP contribution in [0.4, 0.5) is 0 Å². The molecule has 1 aliphatic rings. The van der Waals surface area contributed by atoms with Crippen LogP contribution in [-0.4, -0.2) is 50.1 Å². The highest BCUT2D eigenvalue weighted by Crippen LogP contribution is 2.10. The van der Waals surface area contributed by atoms with Crippen molar-refractivity contribution in [3.63, 3.8) is 0 Å². The van der Waals surface area contributed by atoms with Crippen LogP contribution in [0.2, 0.25) is 0 Å². The van der Waals surface area contributed by atoms with E-state index in [9.17, 15) is 4.79 Å². The van der Waals surface area contributed by atoms with Crippen molar-refractivity contribution in [2.24, 2.45) is 5.92 Å². The summed E-state index contributed by atoms with van der Waals surface area (Å²) in [5.74, 6) is 0.920. The first-order chi connectivity index (χ1) is 7.76. The van der Waals surface area contributed by atoms with Crippen molar-refractivity contribution in [1.82, 2.24) is 15.5 Å². The average Bonchev–Trinajstić information content (AvgIpc) is 2.79. The molecule has 1 aliphatic heterocycles. The Morgan fingerprint density at radius 2 is 2.00 bits per heavy atom. The molecule has 0 bridgehead atoms. The Labute approximate surface area is 123 Å². The lowest BCUT2D eigenvalue weighted by Gasteiger charge is -2.17. The first-order valence-corrected chi connectivity index (χ1v) is 6.46. The predicted octanol–water partition coefficient (Wildman–Crippen LogP) is 1.29. The fourth-order valence-corrected chi connectivity index (χ4v) is 2.08. The molecule has 1 atom stereocenters. The fourth-order valence-electron chi connectivity index (χ4n) is 2.08. The molecule has 0 radical (unpaired) electrons. The van der Waals surface area contributed by atoms with Crippen LogP contribution in [0.5, 0.6) is 0 Å². The third kappa shape index (κ3) is 8.14. The summed E-state index contributed by atoms with van der Waals surface area (Å²) in [5, 5.41) is 6.34. The number of carbonyl (C=O) groups excluding carboxylic acids is 1. The van der Waals surface area contributed by atoms with Crippen LogP contribution in [0, 0.1) is 5.92 Å². The second-order valence-electron chi connectivity index (χ2n) is 4.46. The van der Waals surface area contributed by atoms with Gasteiger partial charge in [-0.25, -0.2) is 0 Å². The number of halogens is 2. The van der Waals surface area contributed by atoms with E-state index in [4.69, 9.17) is 0 Å². The van der Waals surface area contributed by atoms with Gasteiger partial charge in [-0.15, -0.1) is 24.8 Å². The standard InChI is InChI=1S/C12H25N3O.2ClH/c1-3-15(4-2)10-12(16)14-8-6-11-5-7-13-9-11;;/h11,13H,3-10H2,1-2H3,(H,14,16);2*1H. The number of hydrogen-bond donors (Lipinski definition) is 2. The highest BCUT2D eigenvalue weighted by molar-refractivity contribution is 5.85. The monoisotopic (exact) mass is 299 g/mol. The zero-order valence-corrected chi connectivity index (χ0v) is 13.0. The SMILES string of the molecule is CCN(CC)CC(=O)NCCC1CCNC1.Cl.Cl. The van der Waals surface area contributed by atoms with E-state index in [1.807, 2.05) is 0 Å². The number of nitrogens with zero attached hydrogens (tertiary/aromatic N) is 1. The predicted molar refractivity (Wildman–Crippen MR) is 80.9 cm³/mol. The van der Waals surface area contributed by atoms with Gasteiger partial charge >= 0.3 is 0 Å². The molecule has 0 spiro atoms. The Hall–Kier alpha value is -0.0300. The van der Waals surface area contributed by atoms with Gasteiger partial charge in [0.25, 0.3) is 0 Å². The van der Waals surface area contributed by atoms with Gasteiger partial charge in [0.05, 0.1) is 6.54 Å². The molecule has 18 heavy (non-hydrogen) atoms. The number of carbonyl (C=O) groups is 1. The van der Waals surface area contributed by atoms with Crippen molar-refractivity contribution < 1.29 is 4.79 Å². The van der Waals surface area contributed by atoms with Gasteiger partial charge < -0.3 is 10.6 Å². The van der Waals surface area contributed by atoms with Crippen molar-refractivity contribution in [3.05, 3.63) is 0 Å². The van der Waals surface area contributed by atoms with E-state index >= 15 is 0 Å². The lowest BCUT2D eigenvalue weighted by Crippen LogP contribution is -2.37. The maximum Gasteiger partial charge on any atom is 0.234 e. The average molecular weight is 300 g/mol. The molecule has 110 valence electrons. The second-order valence-corrected chi connectivity index (χ2v) is 4.46. The van der Waals surface area contributed by atoms with Crippen LogP contribution in [0.1, 0.15) is 26.7 Å². The van der Waals surface area contributed by atoms with Crippen molar-refractivity contribution >= 4 is 30.7 Å². The summed E-state index contributed by atoms with van der Waals surface area (Å²) in [5.41, 5.74) is 0. The van der Waals surface area contributed by atoms with Gasteiger partial charge in [-0.05, 0) is 44.9 Å². The minimum atomic E-state index is 0. The summed E-state index contributed by atoms with van der Waals surface area (Å²) in [6, 6.07) is 0. The fraction of sp³-hybridized carbons (Fsp3) is 0.917. The largest absolute Gasteiger partial charge is 0.355 e. The Bertz CT molecular complexity index is 207. The molecule has 0 saturated carbocycles. The molecule has 6 heteroatoms. The lowest BCUT2D eigenvalue weighted by atomic mass is 10.1. The molecule has 1 amide bonds. The molecule has 0 aromatic heterocycles. The Morgan fingerprint density at radius 3 is 2.50 bits per heavy atom. The maximum atomic E-state index is 11.6.